The van der Waals surface area contributed by atoms with Crippen molar-refractivity contribution in [2.24, 2.45) is 0 Å². The topological polar surface area (TPSA) is 18.5 Å². The van der Waals surface area contributed by atoms with Gasteiger partial charge in [0, 0.05) is 10.0 Å². The third kappa shape index (κ3) is 3.64. The zero-order valence-electron chi connectivity index (χ0n) is 10.7. The highest BCUT2D eigenvalue weighted by atomic mass is 79.9. The monoisotopic (exact) mass is 340 g/mol. The molecule has 0 radical (unpaired) electrons. The molecular weight excluding hydrogens is 328 g/mol. The zero-order chi connectivity index (χ0) is 13.8. The molecule has 19 heavy (non-hydrogen) atoms. The van der Waals surface area contributed by atoms with Crippen molar-refractivity contribution in [3.8, 4) is 11.5 Å². The molecule has 4 heteroatoms. The first-order chi connectivity index (χ1) is 9.10. The molecule has 0 aliphatic rings. The first-order valence-electron chi connectivity index (χ1n) is 5.81. The SMILES string of the molecule is COc1ccc(Br)cc1COc1ccc(C)cc1Cl. The maximum Gasteiger partial charge on any atom is 0.138 e. The van der Waals surface area contributed by atoms with Crippen molar-refractivity contribution >= 4 is 27.5 Å². The molecule has 100 valence electrons. The van der Waals surface area contributed by atoms with Crippen molar-refractivity contribution < 1.29 is 9.47 Å². The predicted molar refractivity (Wildman–Crippen MR) is 81.2 cm³/mol. The normalized spacial score (nSPS) is 10.3. The Morgan fingerprint density at radius 2 is 1.84 bits per heavy atom. The van der Waals surface area contributed by atoms with E-state index in [1.54, 1.807) is 7.11 Å². The van der Waals surface area contributed by atoms with Crippen molar-refractivity contribution in [2.75, 3.05) is 7.11 Å². The standard InChI is InChI=1S/C15H14BrClO2/c1-10-3-5-15(13(17)7-10)19-9-11-8-12(16)4-6-14(11)18-2/h3-8H,9H2,1-2H3. The summed E-state index contributed by atoms with van der Waals surface area (Å²) < 4.78 is 12.0. The number of hydrogen-bond acceptors (Lipinski definition) is 2. The summed E-state index contributed by atoms with van der Waals surface area (Å²) >= 11 is 9.57. The lowest BCUT2D eigenvalue weighted by Gasteiger charge is -2.12. The van der Waals surface area contributed by atoms with Crippen molar-refractivity contribution in [3.05, 3.63) is 57.0 Å². The average Bonchev–Trinajstić information content (AvgIpc) is 2.38. The van der Waals surface area contributed by atoms with Gasteiger partial charge in [-0.05, 0) is 42.8 Å². The fourth-order valence-electron chi connectivity index (χ4n) is 1.74. The van der Waals surface area contributed by atoms with E-state index in [0.29, 0.717) is 17.4 Å². The van der Waals surface area contributed by atoms with Gasteiger partial charge in [0.2, 0.25) is 0 Å². The van der Waals surface area contributed by atoms with Gasteiger partial charge in [0.15, 0.2) is 0 Å². The molecule has 0 atom stereocenters. The molecule has 0 bridgehead atoms. The number of rotatable bonds is 4. The fourth-order valence-corrected chi connectivity index (χ4v) is 2.44. The van der Waals surface area contributed by atoms with Crippen LogP contribution in [0, 0.1) is 6.92 Å². The van der Waals surface area contributed by atoms with Crippen LogP contribution in [0.5, 0.6) is 11.5 Å². The minimum atomic E-state index is 0.408. The summed E-state index contributed by atoms with van der Waals surface area (Å²) in [4.78, 5) is 0. The summed E-state index contributed by atoms with van der Waals surface area (Å²) in [6, 6.07) is 11.5. The molecular formula is C15H14BrClO2. The van der Waals surface area contributed by atoms with Crippen LogP contribution in [0.3, 0.4) is 0 Å². The maximum absolute atomic E-state index is 6.14. The van der Waals surface area contributed by atoms with E-state index in [4.69, 9.17) is 21.1 Å². The van der Waals surface area contributed by atoms with Gasteiger partial charge in [0.1, 0.15) is 18.1 Å². The van der Waals surface area contributed by atoms with Crippen molar-refractivity contribution in [3.63, 3.8) is 0 Å². The van der Waals surface area contributed by atoms with Gasteiger partial charge in [0.25, 0.3) is 0 Å². The van der Waals surface area contributed by atoms with Crippen molar-refractivity contribution in [1.82, 2.24) is 0 Å². The Balaban J connectivity index is 2.16. The van der Waals surface area contributed by atoms with Gasteiger partial charge in [-0.25, -0.2) is 0 Å². The summed E-state index contributed by atoms with van der Waals surface area (Å²) in [6.45, 7) is 2.40. The molecule has 0 aromatic heterocycles. The van der Waals surface area contributed by atoms with Crippen LogP contribution in [-0.2, 0) is 6.61 Å². The number of benzene rings is 2. The van der Waals surface area contributed by atoms with Gasteiger partial charge in [-0.3, -0.25) is 0 Å². The molecule has 0 N–H and O–H groups in total. The van der Waals surface area contributed by atoms with Gasteiger partial charge >= 0.3 is 0 Å². The van der Waals surface area contributed by atoms with Crippen LogP contribution in [0.1, 0.15) is 11.1 Å². The third-order valence-corrected chi connectivity index (χ3v) is 3.50. The van der Waals surface area contributed by atoms with E-state index < -0.39 is 0 Å². The lowest BCUT2D eigenvalue weighted by Crippen LogP contribution is -1.99. The van der Waals surface area contributed by atoms with E-state index in [1.165, 1.54) is 0 Å². The minimum Gasteiger partial charge on any atom is -0.496 e. The highest BCUT2D eigenvalue weighted by molar-refractivity contribution is 9.10. The summed E-state index contributed by atoms with van der Waals surface area (Å²) in [7, 11) is 1.64. The summed E-state index contributed by atoms with van der Waals surface area (Å²) in [5, 5.41) is 0.619. The van der Waals surface area contributed by atoms with Crippen LogP contribution < -0.4 is 9.47 Å². The van der Waals surface area contributed by atoms with Crippen LogP contribution in [0.2, 0.25) is 5.02 Å². The Labute approximate surface area is 126 Å². The van der Waals surface area contributed by atoms with Gasteiger partial charge < -0.3 is 9.47 Å². The number of hydrogen-bond donors (Lipinski definition) is 0. The van der Waals surface area contributed by atoms with E-state index in [1.807, 2.05) is 43.3 Å². The molecule has 2 nitrogen and oxygen atoms in total. The molecule has 2 aromatic carbocycles. The summed E-state index contributed by atoms with van der Waals surface area (Å²) in [6.07, 6.45) is 0. The number of aryl methyl sites for hydroxylation is 1. The molecule has 2 rings (SSSR count). The van der Waals surface area contributed by atoms with E-state index in [2.05, 4.69) is 15.9 Å². The fraction of sp³-hybridized carbons (Fsp3) is 0.200. The largest absolute Gasteiger partial charge is 0.496 e. The Kier molecular flexibility index (Phi) is 4.72. The first-order valence-corrected chi connectivity index (χ1v) is 6.98. The van der Waals surface area contributed by atoms with Gasteiger partial charge in [-0.2, -0.15) is 0 Å². The van der Waals surface area contributed by atoms with E-state index >= 15 is 0 Å². The molecule has 0 unspecified atom stereocenters. The van der Waals surface area contributed by atoms with Crippen LogP contribution in [-0.4, -0.2) is 7.11 Å². The quantitative estimate of drug-likeness (QED) is 0.779. The molecule has 0 heterocycles. The smallest absolute Gasteiger partial charge is 0.138 e. The van der Waals surface area contributed by atoms with Gasteiger partial charge in [0.05, 0.1) is 12.1 Å². The molecule has 0 aliphatic heterocycles. The predicted octanol–water partition coefficient (Wildman–Crippen LogP) is 5.00. The molecule has 2 aromatic rings. The van der Waals surface area contributed by atoms with E-state index in [0.717, 1.165) is 21.3 Å². The van der Waals surface area contributed by atoms with Crippen LogP contribution in [0.4, 0.5) is 0 Å². The molecule has 0 amide bonds. The summed E-state index contributed by atoms with van der Waals surface area (Å²) in [5.74, 6) is 1.47. The second kappa shape index (κ2) is 6.31. The number of methoxy groups -OCH3 is 1. The van der Waals surface area contributed by atoms with Crippen molar-refractivity contribution in [2.45, 2.75) is 13.5 Å². The molecule has 0 spiro atoms. The average molecular weight is 342 g/mol. The second-order valence-corrected chi connectivity index (χ2v) is 5.50. The molecule has 0 saturated heterocycles. The van der Waals surface area contributed by atoms with Crippen molar-refractivity contribution in [1.29, 1.82) is 0 Å². The third-order valence-electron chi connectivity index (χ3n) is 2.71. The van der Waals surface area contributed by atoms with Crippen LogP contribution >= 0.6 is 27.5 Å². The van der Waals surface area contributed by atoms with E-state index in [-0.39, 0.29) is 0 Å². The Morgan fingerprint density at radius 3 is 2.53 bits per heavy atom. The molecule has 0 fully saturated rings. The molecule has 0 aliphatic carbocycles. The Bertz CT molecular complexity index is 584. The second-order valence-electron chi connectivity index (χ2n) is 4.18. The van der Waals surface area contributed by atoms with Gasteiger partial charge in [-0.15, -0.1) is 0 Å². The maximum atomic E-state index is 6.14. The molecule has 0 saturated carbocycles. The van der Waals surface area contributed by atoms with E-state index in [9.17, 15) is 0 Å². The highest BCUT2D eigenvalue weighted by Gasteiger charge is 2.07. The number of halogens is 2. The van der Waals surface area contributed by atoms with Crippen LogP contribution in [0.15, 0.2) is 40.9 Å². The summed E-state index contributed by atoms with van der Waals surface area (Å²) in [5.41, 5.74) is 2.07. The zero-order valence-corrected chi connectivity index (χ0v) is 13.1. The first kappa shape index (κ1) is 14.2. The Morgan fingerprint density at radius 1 is 1.11 bits per heavy atom. The Hall–Kier alpha value is -1.19. The van der Waals surface area contributed by atoms with Gasteiger partial charge in [-0.1, -0.05) is 33.6 Å². The lowest BCUT2D eigenvalue weighted by atomic mass is 10.2. The number of ether oxygens (including phenoxy) is 2. The minimum absolute atomic E-state index is 0.408. The lowest BCUT2D eigenvalue weighted by molar-refractivity contribution is 0.296. The highest BCUT2D eigenvalue weighted by Crippen LogP contribution is 2.28. The van der Waals surface area contributed by atoms with Crippen LogP contribution in [0.25, 0.3) is 0 Å².